The number of hydrogen-bond acceptors (Lipinski definition) is 7. The van der Waals surface area contributed by atoms with E-state index in [1.165, 1.54) is 22.9 Å². The maximum atomic E-state index is 12.7. The van der Waals surface area contributed by atoms with Gasteiger partial charge in [0.2, 0.25) is 5.91 Å². The molecule has 2 aromatic heterocycles. The highest BCUT2D eigenvalue weighted by Crippen LogP contribution is 2.31. The minimum Gasteiger partial charge on any atom is -0.341 e. The van der Waals surface area contributed by atoms with Gasteiger partial charge >= 0.3 is 0 Å². The second kappa shape index (κ2) is 9.70. The maximum absolute atomic E-state index is 12.7. The number of aromatic nitrogens is 4. The lowest BCUT2D eigenvalue weighted by Gasteiger charge is -2.34. The Morgan fingerprint density at radius 2 is 1.93 bits per heavy atom. The number of fused-ring (bicyclic) bond motifs is 1. The van der Waals surface area contributed by atoms with Crippen molar-refractivity contribution in [2.45, 2.75) is 49.0 Å². The lowest BCUT2D eigenvalue weighted by Crippen LogP contribution is -2.43. The lowest BCUT2D eigenvalue weighted by atomic mass is 9.92. The molecule has 2 unspecified atom stereocenters. The van der Waals surface area contributed by atoms with Gasteiger partial charge in [0.25, 0.3) is 0 Å². The van der Waals surface area contributed by atoms with E-state index >= 15 is 0 Å². The first-order chi connectivity index (χ1) is 14.5. The van der Waals surface area contributed by atoms with Crippen LogP contribution >= 0.6 is 34.9 Å². The van der Waals surface area contributed by atoms with Crippen LogP contribution in [-0.2, 0) is 17.1 Å². The molecule has 4 rings (SSSR count). The first kappa shape index (κ1) is 21.6. The topological polar surface area (TPSA) is 63.9 Å². The zero-order valence-corrected chi connectivity index (χ0v) is 20.0. The number of carbonyl (C=O) groups excluding carboxylic acids is 1. The molecule has 1 saturated heterocycles. The van der Waals surface area contributed by atoms with Gasteiger partial charge in [-0.05, 0) is 37.3 Å². The van der Waals surface area contributed by atoms with E-state index in [1.54, 1.807) is 23.1 Å². The summed E-state index contributed by atoms with van der Waals surface area (Å²) in [4.78, 5) is 19.4. The molecule has 160 valence electrons. The first-order valence-corrected chi connectivity index (χ1v) is 13.1. The van der Waals surface area contributed by atoms with Gasteiger partial charge in [0.05, 0.1) is 21.7 Å². The van der Waals surface area contributed by atoms with Crippen LogP contribution in [0.5, 0.6) is 0 Å². The Morgan fingerprint density at radius 1 is 1.17 bits per heavy atom. The van der Waals surface area contributed by atoms with Crippen LogP contribution in [0.15, 0.2) is 33.8 Å². The second-order valence-corrected chi connectivity index (χ2v) is 11.1. The number of carbonyl (C=O) groups is 1. The van der Waals surface area contributed by atoms with Crippen molar-refractivity contribution >= 4 is 51.0 Å². The minimum absolute atomic E-state index is 0.203. The normalized spacial score (nSPS) is 19.5. The van der Waals surface area contributed by atoms with Crippen molar-refractivity contribution in [3.05, 3.63) is 30.1 Å². The predicted molar refractivity (Wildman–Crippen MR) is 125 cm³/mol. The SMILES string of the molecule is CCn1c(CSc2nc3ccccc3s2)nnc1SCC(=O)N1CC(C)CC(C)C1. The molecule has 9 heteroatoms. The highest BCUT2D eigenvalue weighted by molar-refractivity contribution is 8.00. The van der Waals surface area contributed by atoms with Crippen LogP contribution < -0.4 is 0 Å². The van der Waals surface area contributed by atoms with Crippen LogP contribution in [0.4, 0.5) is 0 Å². The van der Waals surface area contributed by atoms with Crippen molar-refractivity contribution in [3.63, 3.8) is 0 Å². The summed E-state index contributed by atoms with van der Waals surface area (Å²) >= 11 is 4.89. The maximum Gasteiger partial charge on any atom is 0.233 e. The molecule has 1 aliphatic heterocycles. The van der Waals surface area contributed by atoms with Crippen LogP contribution in [-0.4, -0.2) is 49.4 Å². The third-order valence-corrected chi connectivity index (χ3v) is 8.38. The van der Waals surface area contributed by atoms with E-state index in [4.69, 9.17) is 0 Å². The third kappa shape index (κ3) is 5.00. The molecule has 1 aliphatic rings. The van der Waals surface area contributed by atoms with Crippen LogP contribution in [0.2, 0.25) is 0 Å². The summed E-state index contributed by atoms with van der Waals surface area (Å²) in [6.07, 6.45) is 1.21. The van der Waals surface area contributed by atoms with Crippen LogP contribution in [0.3, 0.4) is 0 Å². The molecule has 3 heterocycles. The molecule has 0 bridgehead atoms. The number of benzene rings is 1. The first-order valence-electron chi connectivity index (χ1n) is 10.3. The van der Waals surface area contributed by atoms with Crippen LogP contribution in [0, 0.1) is 11.8 Å². The summed E-state index contributed by atoms with van der Waals surface area (Å²) in [5, 5.41) is 9.58. The van der Waals surface area contributed by atoms with E-state index in [1.807, 2.05) is 23.1 Å². The fraction of sp³-hybridized carbons (Fsp3) is 0.524. The second-order valence-electron chi connectivity index (χ2n) is 7.91. The molecule has 1 fully saturated rings. The standard InChI is InChI=1S/C21H27N5OS3/c1-4-26-18(12-29-21-22-16-7-5-6-8-17(16)30-21)23-24-20(26)28-13-19(27)25-10-14(2)9-15(3)11-25/h5-8,14-15H,4,9-13H2,1-3H3. The van der Waals surface area contributed by atoms with Crippen molar-refractivity contribution < 1.29 is 4.79 Å². The van der Waals surface area contributed by atoms with E-state index in [-0.39, 0.29) is 5.91 Å². The number of hydrogen-bond donors (Lipinski definition) is 0. The van der Waals surface area contributed by atoms with E-state index in [0.29, 0.717) is 17.6 Å². The summed E-state index contributed by atoms with van der Waals surface area (Å²) < 4.78 is 4.35. The van der Waals surface area contributed by atoms with Gasteiger partial charge in [0, 0.05) is 19.6 Å². The van der Waals surface area contributed by atoms with Gasteiger partial charge in [-0.2, -0.15) is 0 Å². The molecule has 30 heavy (non-hydrogen) atoms. The Labute approximate surface area is 189 Å². The van der Waals surface area contributed by atoms with Gasteiger partial charge in [-0.15, -0.1) is 21.5 Å². The Balaban J connectivity index is 1.36. The van der Waals surface area contributed by atoms with E-state index < -0.39 is 0 Å². The fourth-order valence-electron chi connectivity index (χ4n) is 3.97. The highest BCUT2D eigenvalue weighted by atomic mass is 32.2. The molecule has 0 radical (unpaired) electrons. The zero-order chi connectivity index (χ0) is 21.1. The number of thioether (sulfide) groups is 2. The molecular weight excluding hydrogens is 434 g/mol. The van der Waals surface area contributed by atoms with Gasteiger partial charge < -0.3 is 9.47 Å². The van der Waals surface area contributed by atoms with Gasteiger partial charge in [0.1, 0.15) is 5.82 Å². The van der Waals surface area contributed by atoms with E-state index in [2.05, 4.69) is 46.6 Å². The summed E-state index contributed by atoms with van der Waals surface area (Å²) in [5.41, 5.74) is 1.04. The van der Waals surface area contributed by atoms with Gasteiger partial charge in [-0.25, -0.2) is 4.98 Å². The highest BCUT2D eigenvalue weighted by Gasteiger charge is 2.25. The molecule has 0 spiro atoms. The number of para-hydroxylation sites is 1. The molecule has 1 amide bonds. The quantitative estimate of drug-likeness (QED) is 0.471. The third-order valence-electron chi connectivity index (χ3n) is 5.25. The Bertz CT molecular complexity index is 974. The number of amides is 1. The van der Waals surface area contributed by atoms with Gasteiger partial charge in [-0.3, -0.25) is 4.79 Å². The number of rotatable bonds is 7. The summed E-state index contributed by atoms with van der Waals surface area (Å²) in [6.45, 7) is 9.08. The molecule has 2 atom stereocenters. The van der Waals surface area contributed by atoms with Gasteiger partial charge in [-0.1, -0.05) is 49.5 Å². The molecular formula is C21H27N5OS3. The monoisotopic (exact) mass is 461 g/mol. The van der Waals surface area contributed by atoms with Crippen LogP contribution in [0.1, 0.15) is 33.0 Å². The average Bonchev–Trinajstić information content (AvgIpc) is 3.32. The predicted octanol–water partition coefficient (Wildman–Crippen LogP) is 4.80. The Kier molecular flexibility index (Phi) is 7.00. The number of likely N-dealkylation sites (tertiary alicyclic amines) is 1. The molecule has 6 nitrogen and oxygen atoms in total. The van der Waals surface area contributed by atoms with Crippen LogP contribution in [0.25, 0.3) is 10.2 Å². The Hall–Kier alpha value is -1.58. The van der Waals surface area contributed by atoms with Crippen molar-refractivity contribution in [2.75, 3.05) is 18.8 Å². The fourth-order valence-corrected chi connectivity index (χ4v) is 6.91. The molecule has 1 aromatic carbocycles. The minimum atomic E-state index is 0.203. The van der Waals surface area contributed by atoms with Crippen molar-refractivity contribution in [2.24, 2.45) is 11.8 Å². The van der Waals surface area contributed by atoms with Gasteiger partial charge in [0.15, 0.2) is 9.50 Å². The van der Waals surface area contributed by atoms with Crippen molar-refractivity contribution in [1.29, 1.82) is 0 Å². The smallest absolute Gasteiger partial charge is 0.233 e. The summed E-state index contributed by atoms with van der Waals surface area (Å²) in [5.74, 6) is 3.42. The summed E-state index contributed by atoms with van der Waals surface area (Å²) in [7, 11) is 0. The molecule has 3 aromatic rings. The molecule has 0 saturated carbocycles. The molecule has 0 aliphatic carbocycles. The van der Waals surface area contributed by atoms with E-state index in [9.17, 15) is 4.79 Å². The number of thiazole rings is 1. The Morgan fingerprint density at radius 3 is 2.67 bits per heavy atom. The zero-order valence-electron chi connectivity index (χ0n) is 17.6. The number of piperidine rings is 1. The lowest BCUT2D eigenvalue weighted by molar-refractivity contribution is -0.130. The van der Waals surface area contributed by atoms with Crippen molar-refractivity contribution in [3.8, 4) is 0 Å². The van der Waals surface area contributed by atoms with E-state index in [0.717, 1.165) is 46.2 Å². The largest absolute Gasteiger partial charge is 0.341 e. The summed E-state index contributed by atoms with van der Waals surface area (Å²) in [6, 6.07) is 8.19. The average molecular weight is 462 g/mol. The van der Waals surface area contributed by atoms with Crippen molar-refractivity contribution in [1.82, 2.24) is 24.6 Å². The molecule has 0 N–H and O–H groups in total. The number of nitrogens with zero attached hydrogens (tertiary/aromatic N) is 5.